The summed E-state index contributed by atoms with van der Waals surface area (Å²) in [6, 6.07) is 10.5. The molecule has 1 aliphatic rings. The van der Waals surface area contributed by atoms with Crippen LogP contribution in [0.15, 0.2) is 42.1 Å². The predicted octanol–water partition coefficient (Wildman–Crippen LogP) is 4.07. The van der Waals surface area contributed by atoms with E-state index >= 15 is 0 Å². The lowest BCUT2D eigenvalue weighted by molar-refractivity contribution is -0.112. The molecule has 40 heavy (non-hydrogen) atoms. The average Bonchev–Trinajstić information content (AvgIpc) is 3.63. The Labute approximate surface area is 233 Å². The summed E-state index contributed by atoms with van der Waals surface area (Å²) in [5, 5.41) is 18.0. The Hall–Kier alpha value is -4.88. The molecule has 0 spiro atoms. The molecular formula is C30H33N7O3. The van der Waals surface area contributed by atoms with Crippen LogP contribution in [-0.2, 0) is 9.59 Å². The minimum Gasteiger partial charge on any atom is -0.362 e. The monoisotopic (exact) mass is 539 g/mol. The van der Waals surface area contributed by atoms with E-state index in [0.29, 0.717) is 51.7 Å². The van der Waals surface area contributed by atoms with Gasteiger partial charge in [0.25, 0.3) is 17.7 Å². The van der Waals surface area contributed by atoms with Gasteiger partial charge in [-0.3, -0.25) is 14.4 Å². The molecule has 1 aliphatic heterocycles. The SMILES string of the molecule is CCN(CC)CCNC(=O)c1c(C)[nH]c(C=C2C(=O)Nc3ccc(NC(=O)C(C#N)=Cc4ccc[nH]4)cc32)c1C. The summed E-state index contributed by atoms with van der Waals surface area (Å²) < 4.78 is 0. The molecule has 3 heterocycles. The van der Waals surface area contributed by atoms with Crippen molar-refractivity contribution in [2.24, 2.45) is 0 Å². The van der Waals surface area contributed by atoms with Gasteiger partial charge < -0.3 is 30.8 Å². The molecule has 0 saturated heterocycles. The van der Waals surface area contributed by atoms with E-state index in [0.717, 1.165) is 25.2 Å². The maximum absolute atomic E-state index is 13.0. The first-order valence-electron chi connectivity index (χ1n) is 13.2. The number of rotatable bonds is 10. The normalized spacial score (nSPS) is 13.8. The number of carbonyl (C=O) groups excluding carboxylic acids is 3. The van der Waals surface area contributed by atoms with Crippen LogP contribution in [0.3, 0.4) is 0 Å². The lowest BCUT2D eigenvalue weighted by Gasteiger charge is -2.18. The van der Waals surface area contributed by atoms with Gasteiger partial charge in [0.2, 0.25) is 0 Å². The fourth-order valence-electron chi connectivity index (χ4n) is 4.70. The van der Waals surface area contributed by atoms with Crippen LogP contribution in [0.25, 0.3) is 17.7 Å². The van der Waals surface area contributed by atoms with E-state index in [-0.39, 0.29) is 17.4 Å². The van der Waals surface area contributed by atoms with E-state index in [4.69, 9.17) is 0 Å². The van der Waals surface area contributed by atoms with Crippen molar-refractivity contribution in [1.82, 2.24) is 20.2 Å². The second kappa shape index (κ2) is 12.3. The standard InChI is InChI=1S/C30H33N7O3/c1-5-37(6-2)13-12-33-30(40)27-18(3)26(34-19(27)4)16-24-23-15-22(9-10-25(23)36-29(24)39)35-28(38)20(17-31)14-21-8-7-11-32-21/h7-11,14-16,32,34H,5-6,12-13H2,1-4H3,(H,33,40)(H,35,38)(H,36,39). The predicted molar refractivity (Wildman–Crippen MR) is 156 cm³/mol. The van der Waals surface area contributed by atoms with Crippen molar-refractivity contribution in [3.8, 4) is 6.07 Å². The summed E-state index contributed by atoms with van der Waals surface area (Å²) in [6.45, 7) is 11.0. The van der Waals surface area contributed by atoms with Crippen LogP contribution in [0.4, 0.5) is 11.4 Å². The van der Waals surface area contributed by atoms with Gasteiger partial charge in [0.05, 0.1) is 11.1 Å². The van der Waals surface area contributed by atoms with Crippen molar-refractivity contribution in [3.63, 3.8) is 0 Å². The maximum Gasteiger partial charge on any atom is 0.266 e. The summed E-state index contributed by atoms with van der Waals surface area (Å²) in [5.74, 6) is -1.02. The number of aryl methyl sites for hydroxylation is 1. The van der Waals surface area contributed by atoms with Crippen LogP contribution in [0, 0.1) is 25.2 Å². The molecule has 0 radical (unpaired) electrons. The fourth-order valence-corrected chi connectivity index (χ4v) is 4.70. The Balaban J connectivity index is 1.56. The van der Waals surface area contributed by atoms with Gasteiger partial charge in [0.1, 0.15) is 11.6 Å². The third-order valence-electron chi connectivity index (χ3n) is 6.95. The van der Waals surface area contributed by atoms with E-state index < -0.39 is 5.91 Å². The zero-order valence-electron chi connectivity index (χ0n) is 23.1. The highest BCUT2D eigenvalue weighted by Crippen LogP contribution is 2.36. The first-order chi connectivity index (χ1) is 19.2. The van der Waals surface area contributed by atoms with Crippen molar-refractivity contribution in [1.29, 1.82) is 5.26 Å². The molecule has 4 rings (SSSR count). The molecule has 0 atom stereocenters. The molecular weight excluding hydrogens is 506 g/mol. The fraction of sp³-hybridized carbons (Fsp3) is 0.267. The maximum atomic E-state index is 13.0. The molecule has 5 N–H and O–H groups in total. The summed E-state index contributed by atoms with van der Waals surface area (Å²) >= 11 is 0. The number of hydrogen-bond donors (Lipinski definition) is 5. The number of carbonyl (C=O) groups is 3. The third-order valence-corrected chi connectivity index (χ3v) is 6.95. The first-order valence-corrected chi connectivity index (χ1v) is 13.2. The van der Waals surface area contributed by atoms with E-state index in [1.807, 2.05) is 19.9 Å². The van der Waals surface area contributed by atoms with E-state index in [9.17, 15) is 19.6 Å². The lowest BCUT2D eigenvalue weighted by Crippen LogP contribution is -2.35. The van der Waals surface area contributed by atoms with Crippen molar-refractivity contribution >= 4 is 46.8 Å². The van der Waals surface area contributed by atoms with E-state index in [1.54, 1.807) is 42.6 Å². The zero-order valence-corrected chi connectivity index (χ0v) is 23.1. The van der Waals surface area contributed by atoms with Crippen LogP contribution < -0.4 is 16.0 Å². The van der Waals surface area contributed by atoms with Gasteiger partial charge in [-0.25, -0.2) is 0 Å². The van der Waals surface area contributed by atoms with Gasteiger partial charge in [0.15, 0.2) is 0 Å². The summed E-state index contributed by atoms with van der Waals surface area (Å²) in [6.07, 6.45) is 4.88. The molecule has 10 heteroatoms. The van der Waals surface area contributed by atoms with Gasteiger partial charge in [-0.2, -0.15) is 5.26 Å². The largest absolute Gasteiger partial charge is 0.362 e. The molecule has 0 aliphatic carbocycles. The first kappa shape index (κ1) is 28.1. The van der Waals surface area contributed by atoms with Crippen molar-refractivity contribution < 1.29 is 14.4 Å². The number of fused-ring (bicyclic) bond motifs is 1. The Morgan fingerprint density at radius 3 is 2.60 bits per heavy atom. The van der Waals surface area contributed by atoms with Gasteiger partial charge in [0, 0.05) is 53.3 Å². The number of nitrogens with one attached hydrogen (secondary N) is 5. The molecule has 3 amide bonds. The summed E-state index contributed by atoms with van der Waals surface area (Å²) in [7, 11) is 0. The second-order valence-corrected chi connectivity index (χ2v) is 9.47. The van der Waals surface area contributed by atoms with Crippen LogP contribution >= 0.6 is 0 Å². The van der Waals surface area contributed by atoms with E-state index in [2.05, 4.69) is 44.7 Å². The smallest absolute Gasteiger partial charge is 0.266 e. The van der Waals surface area contributed by atoms with Gasteiger partial charge in [-0.1, -0.05) is 13.8 Å². The molecule has 1 aromatic carbocycles. The van der Waals surface area contributed by atoms with Crippen LogP contribution in [0.2, 0.25) is 0 Å². The highest BCUT2D eigenvalue weighted by molar-refractivity contribution is 6.35. The zero-order chi connectivity index (χ0) is 28.8. The minimum absolute atomic E-state index is 0.0618. The molecule has 0 unspecified atom stereocenters. The molecule has 0 fully saturated rings. The summed E-state index contributed by atoms with van der Waals surface area (Å²) in [4.78, 5) is 47.0. The Kier molecular flexibility index (Phi) is 8.67. The number of hydrogen-bond acceptors (Lipinski definition) is 5. The third kappa shape index (κ3) is 6.06. The van der Waals surface area contributed by atoms with Crippen LogP contribution in [0.5, 0.6) is 0 Å². The molecule has 10 nitrogen and oxygen atoms in total. The van der Waals surface area contributed by atoms with Crippen LogP contribution in [0.1, 0.15) is 52.4 Å². The Bertz CT molecular complexity index is 1530. The molecule has 3 aromatic rings. The number of aromatic nitrogens is 2. The van der Waals surface area contributed by atoms with Crippen LogP contribution in [-0.4, -0.2) is 58.8 Å². The molecule has 2 aromatic heterocycles. The average molecular weight is 540 g/mol. The van der Waals surface area contributed by atoms with Crippen molar-refractivity contribution in [3.05, 3.63) is 75.9 Å². The Morgan fingerprint density at radius 2 is 1.93 bits per heavy atom. The number of H-pyrrole nitrogens is 2. The van der Waals surface area contributed by atoms with Crippen molar-refractivity contribution in [2.75, 3.05) is 36.8 Å². The topological polar surface area (TPSA) is 146 Å². The number of benzene rings is 1. The van der Waals surface area contributed by atoms with Gasteiger partial charge in [-0.05, 0) is 75.0 Å². The number of amides is 3. The quantitative estimate of drug-likeness (QED) is 0.195. The molecule has 206 valence electrons. The highest BCUT2D eigenvalue weighted by Gasteiger charge is 2.26. The number of aromatic amines is 2. The molecule has 0 saturated carbocycles. The van der Waals surface area contributed by atoms with Gasteiger partial charge in [-0.15, -0.1) is 0 Å². The minimum atomic E-state index is -0.563. The van der Waals surface area contributed by atoms with Gasteiger partial charge >= 0.3 is 0 Å². The highest BCUT2D eigenvalue weighted by atomic mass is 16.2. The number of likely N-dealkylation sites (N-methyl/N-ethyl adjacent to an activating group) is 1. The number of nitrogens with zero attached hydrogens (tertiary/aromatic N) is 2. The summed E-state index contributed by atoms with van der Waals surface area (Å²) in [5.41, 5.74) is 5.27. The lowest BCUT2D eigenvalue weighted by atomic mass is 10.0. The number of nitriles is 1. The number of anilines is 2. The second-order valence-electron chi connectivity index (χ2n) is 9.47. The van der Waals surface area contributed by atoms with Crippen molar-refractivity contribution in [2.45, 2.75) is 27.7 Å². The molecule has 0 bridgehead atoms. The Morgan fingerprint density at radius 1 is 1.15 bits per heavy atom. The van der Waals surface area contributed by atoms with E-state index in [1.165, 1.54) is 6.08 Å².